The summed E-state index contributed by atoms with van der Waals surface area (Å²) in [7, 11) is 0. The van der Waals surface area contributed by atoms with Gasteiger partial charge in [0.15, 0.2) is 11.0 Å². The van der Waals surface area contributed by atoms with E-state index in [4.69, 9.17) is 22.6 Å². The lowest BCUT2D eigenvalue weighted by atomic mass is 10.2. The highest BCUT2D eigenvalue weighted by molar-refractivity contribution is 6.29. The van der Waals surface area contributed by atoms with E-state index in [-0.39, 0.29) is 16.5 Å². The van der Waals surface area contributed by atoms with E-state index in [0.29, 0.717) is 18.7 Å². The third-order valence-corrected chi connectivity index (χ3v) is 2.61. The Morgan fingerprint density at radius 1 is 1.55 bits per heavy atom. The number of rotatable bonds is 5. The number of nitrogens with zero attached hydrogens (tertiary/aromatic N) is 5. The third kappa shape index (κ3) is 3.21. The maximum Gasteiger partial charge on any atom is 0.252 e. The van der Waals surface area contributed by atoms with E-state index in [1.165, 1.54) is 12.3 Å². The fourth-order valence-corrected chi connectivity index (χ4v) is 1.67. The van der Waals surface area contributed by atoms with Gasteiger partial charge in [-0.2, -0.15) is 10.4 Å². The molecule has 0 bridgehead atoms. The van der Waals surface area contributed by atoms with Gasteiger partial charge in [0.25, 0.3) is 5.91 Å². The number of carbonyl (C=O) groups is 1. The summed E-state index contributed by atoms with van der Waals surface area (Å²) in [5, 5.41) is 23.1. The van der Waals surface area contributed by atoms with Crippen molar-refractivity contribution in [3.8, 4) is 6.07 Å². The molecule has 102 valence electrons. The number of nitrogens with two attached hydrogens (primary N) is 1. The van der Waals surface area contributed by atoms with Crippen molar-refractivity contribution < 1.29 is 4.79 Å². The molecule has 0 aliphatic heterocycles. The molecule has 0 fully saturated rings. The molecule has 1 amide bonds. The summed E-state index contributed by atoms with van der Waals surface area (Å²) in [4.78, 5) is 11.3. The Morgan fingerprint density at radius 2 is 2.35 bits per heavy atom. The quantitative estimate of drug-likeness (QED) is 0.822. The number of nitriles is 1. The zero-order valence-corrected chi connectivity index (χ0v) is 11.0. The molecule has 0 unspecified atom stereocenters. The summed E-state index contributed by atoms with van der Waals surface area (Å²) >= 11 is 5.66. The van der Waals surface area contributed by atoms with Crippen molar-refractivity contribution in [2.45, 2.75) is 6.54 Å². The molecule has 0 radical (unpaired) electrons. The predicted octanol–water partition coefficient (Wildman–Crippen LogP) is 0.409. The molecule has 8 nitrogen and oxygen atoms in total. The van der Waals surface area contributed by atoms with Crippen LogP contribution in [0.3, 0.4) is 0 Å². The normalized spacial score (nSPS) is 10.0. The van der Waals surface area contributed by atoms with Crippen molar-refractivity contribution >= 4 is 23.3 Å². The average Bonchev–Trinajstić information content (AvgIpc) is 2.88. The second kappa shape index (κ2) is 5.99. The van der Waals surface area contributed by atoms with Gasteiger partial charge in [-0.1, -0.05) is 11.6 Å². The molecule has 3 N–H and O–H groups in total. The Morgan fingerprint density at radius 3 is 3.00 bits per heavy atom. The number of halogens is 1. The number of primary amides is 1. The molecular formula is C11H10ClN7O. The molecule has 0 aliphatic rings. The molecule has 2 aromatic rings. The Labute approximate surface area is 119 Å². The minimum Gasteiger partial charge on any atom is -0.366 e. The number of aromatic nitrogens is 4. The zero-order chi connectivity index (χ0) is 14.5. The smallest absolute Gasteiger partial charge is 0.252 e. The highest BCUT2D eigenvalue weighted by Gasteiger charge is 2.11. The number of anilines is 1. The van der Waals surface area contributed by atoms with Gasteiger partial charge < -0.3 is 11.1 Å². The number of amides is 1. The van der Waals surface area contributed by atoms with Crippen molar-refractivity contribution in [2.75, 3.05) is 11.9 Å². The second-order valence-electron chi connectivity index (χ2n) is 3.82. The standard InChI is InChI=1S/C11H10ClN7O/c12-9-3-8(10(14)20)11(18-17-9)15-1-2-19-6-7(4-13)5-16-19/h3,5-6H,1-2H2,(H2,14,20)(H,15,18). The largest absolute Gasteiger partial charge is 0.366 e. The monoisotopic (exact) mass is 291 g/mol. The van der Waals surface area contributed by atoms with E-state index < -0.39 is 5.91 Å². The number of hydrogen-bond acceptors (Lipinski definition) is 6. The van der Waals surface area contributed by atoms with Crippen LogP contribution in [0.5, 0.6) is 0 Å². The minimum absolute atomic E-state index is 0.0927. The van der Waals surface area contributed by atoms with Crippen molar-refractivity contribution in [2.24, 2.45) is 5.73 Å². The van der Waals surface area contributed by atoms with Crippen molar-refractivity contribution in [3.63, 3.8) is 0 Å². The van der Waals surface area contributed by atoms with Gasteiger partial charge in [0.1, 0.15) is 6.07 Å². The summed E-state index contributed by atoms with van der Waals surface area (Å²) in [6, 6.07) is 3.33. The zero-order valence-electron chi connectivity index (χ0n) is 10.2. The van der Waals surface area contributed by atoms with E-state index in [1.54, 1.807) is 10.9 Å². The van der Waals surface area contributed by atoms with Gasteiger partial charge in [-0.3, -0.25) is 9.48 Å². The first-order valence-electron chi connectivity index (χ1n) is 5.59. The van der Waals surface area contributed by atoms with E-state index in [0.717, 1.165) is 0 Å². The Bertz CT molecular complexity index is 676. The van der Waals surface area contributed by atoms with Gasteiger partial charge >= 0.3 is 0 Å². The number of hydrogen-bond donors (Lipinski definition) is 2. The molecule has 0 atom stereocenters. The highest BCUT2D eigenvalue weighted by Crippen LogP contribution is 2.14. The first kappa shape index (κ1) is 13.8. The average molecular weight is 292 g/mol. The van der Waals surface area contributed by atoms with Crippen LogP contribution in [0.1, 0.15) is 15.9 Å². The Hall–Kier alpha value is -2.66. The van der Waals surface area contributed by atoms with E-state index in [2.05, 4.69) is 20.6 Å². The molecule has 0 aliphatic carbocycles. The molecule has 0 saturated carbocycles. The van der Waals surface area contributed by atoms with Gasteiger partial charge in [-0.05, 0) is 6.07 Å². The van der Waals surface area contributed by atoms with Crippen molar-refractivity contribution in [1.82, 2.24) is 20.0 Å². The van der Waals surface area contributed by atoms with Crippen LogP contribution in [-0.2, 0) is 6.54 Å². The Balaban J connectivity index is 2.01. The second-order valence-corrected chi connectivity index (χ2v) is 4.21. The SMILES string of the molecule is N#Cc1cnn(CCNc2nnc(Cl)cc2C(N)=O)c1. The molecular weight excluding hydrogens is 282 g/mol. The maximum absolute atomic E-state index is 11.3. The topological polar surface area (TPSA) is 123 Å². The molecule has 20 heavy (non-hydrogen) atoms. The van der Waals surface area contributed by atoms with Gasteiger partial charge in [0.2, 0.25) is 0 Å². The Kier molecular flexibility index (Phi) is 4.12. The van der Waals surface area contributed by atoms with Crippen molar-refractivity contribution in [1.29, 1.82) is 5.26 Å². The van der Waals surface area contributed by atoms with Gasteiger partial charge in [-0.15, -0.1) is 10.2 Å². The highest BCUT2D eigenvalue weighted by atomic mass is 35.5. The molecule has 0 aromatic carbocycles. The minimum atomic E-state index is -0.643. The summed E-state index contributed by atoms with van der Waals surface area (Å²) in [5.41, 5.74) is 5.88. The van der Waals surface area contributed by atoms with Crippen LogP contribution in [0.4, 0.5) is 5.82 Å². The summed E-state index contributed by atoms with van der Waals surface area (Å²) < 4.78 is 1.60. The van der Waals surface area contributed by atoms with Crippen LogP contribution in [0.15, 0.2) is 18.5 Å². The van der Waals surface area contributed by atoms with Crippen LogP contribution >= 0.6 is 11.6 Å². The predicted molar refractivity (Wildman–Crippen MR) is 71.0 cm³/mol. The van der Waals surface area contributed by atoms with Crippen LogP contribution in [0, 0.1) is 11.3 Å². The molecule has 0 saturated heterocycles. The molecule has 2 aromatic heterocycles. The summed E-state index contributed by atoms with van der Waals surface area (Å²) in [6.07, 6.45) is 3.08. The fraction of sp³-hybridized carbons (Fsp3) is 0.182. The van der Waals surface area contributed by atoms with E-state index in [9.17, 15) is 4.79 Å². The lowest BCUT2D eigenvalue weighted by Crippen LogP contribution is -2.18. The molecule has 2 heterocycles. The summed E-state index contributed by atoms with van der Waals surface area (Å²) in [6.45, 7) is 0.924. The van der Waals surface area contributed by atoms with Crippen LogP contribution in [-0.4, -0.2) is 32.4 Å². The van der Waals surface area contributed by atoms with Crippen LogP contribution in [0.2, 0.25) is 5.15 Å². The van der Waals surface area contributed by atoms with E-state index >= 15 is 0 Å². The third-order valence-electron chi connectivity index (χ3n) is 2.43. The van der Waals surface area contributed by atoms with E-state index in [1.807, 2.05) is 6.07 Å². The number of carbonyl (C=O) groups excluding carboxylic acids is 1. The first-order chi connectivity index (χ1) is 9.60. The van der Waals surface area contributed by atoms with Crippen LogP contribution in [0.25, 0.3) is 0 Å². The summed E-state index contributed by atoms with van der Waals surface area (Å²) in [5.74, 6) is -0.385. The molecule has 9 heteroatoms. The molecule has 2 rings (SSSR count). The molecule has 0 spiro atoms. The van der Waals surface area contributed by atoms with Gasteiger partial charge in [0.05, 0.1) is 23.9 Å². The van der Waals surface area contributed by atoms with Gasteiger partial charge in [0, 0.05) is 12.7 Å². The van der Waals surface area contributed by atoms with Crippen molar-refractivity contribution in [3.05, 3.63) is 34.7 Å². The first-order valence-corrected chi connectivity index (χ1v) is 5.97. The number of nitrogens with one attached hydrogen (secondary N) is 1. The lowest BCUT2D eigenvalue weighted by Gasteiger charge is -2.08. The lowest BCUT2D eigenvalue weighted by molar-refractivity contribution is 0.100. The maximum atomic E-state index is 11.3. The van der Waals surface area contributed by atoms with Crippen LogP contribution < -0.4 is 11.1 Å². The van der Waals surface area contributed by atoms with Gasteiger partial charge in [-0.25, -0.2) is 0 Å². The fourth-order valence-electron chi connectivity index (χ4n) is 1.52.